The minimum Gasteiger partial charge on any atom is -0.495 e. The molecular formula is C13H19ClN2O. The summed E-state index contributed by atoms with van der Waals surface area (Å²) in [5, 5.41) is 0.740. The molecule has 2 rings (SSSR count). The van der Waals surface area contributed by atoms with Gasteiger partial charge in [-0.15, -0.1) is 0 Å². The van der Waals surface area contributed by atoms with E-state index in [2.05, 4.69) is 11.8 Å². The standard InChI is InChI=1S/C13H19ClN2O/c1-9-10(8-15)5-6-16(9)12-7-11(14)3-4-13(12)17-2/h3-4,7,9-10H,5-6,8,15H2,1-2H3. The topological polar surface area (TPSA) is 38.5 Å². The molecule has 1 aromatic rings. The van der Waals surface area contributed by atoms with Gasteiger partial charge < -0.3 is 15.4 Å². The van der Waals surface area contributed by atoms with Gasteiger partial charge in [-0.1, -0.05) is 11.6 Å². The first-order valence-corrected chi connectivity index (χ1v) is 6.35. The van der Waals surface area contributed by atoms with Crippen molar-refractivity contribution in [1.82, 2.24) is 0 Å². The molecule has 17 heavy (non-hydrogen) atoms. The fourth-order valence-electron chi connectivity index (χ4n) is 2.55. The smallest absolute Gasteiger partial charge is 0.142 e. The van der Waals surface area contributed by atoms with Gasteiger partial charge in [0.25, 0.3) is 0 Å². The zero-order valence-corrected chi connectivity index (χ0v) is 11.1. The molecule has 0 amide bonds. The number of methoxy groups -OCH3 is 1. The van der Waals surface area contributed by atoms with Crippen LogP contribution in [0.25, 0.3) is 0 Å². The maximum Gasteiger partial charge on any atom is 0.142 e. The van der Waals surface area contributed by atoms with E-state index in [4.69, 9.17) is 22.1 Å². The van der Waals surface area contributed by atoms with Crippen LogP contribution in [0.2, 0.25) is 5.02 Å². The summed E-state index contributed by atoms with van der Waals surface area (Å²) in [5.74, 6) is 1.43. The third-order valence-electron chi connectivity index (χ3n) is 3.67. The van der Waals surface area contributed by atoms with Gasteiger partial charge in [0.15, 0.2) is 0 Å². The van der Waals surface area contributed by atoms with Gasteiger partial charge >= 0.3 is 0 Å². The van der Waals surface area contributed by atoms with Gasteiger partial charge in [-0.25, -0.2) is 0 Å². The summed E-state index contributed by atoms with van der Waals surface area (Å²) in [4.78, 5) is 2.34. The second kappa shape index (κ2) is 5.15. The van der Waals surface area contributed by atoms with Gasteiger partial charge in [-0.3, -0.25) is 0 Å². The molecule has 1 aliphatic heterocycles. The average Bonchev–Trinajstić information content (AvgIpc) is 2.70. The number of halogens is 1. The highest BCUT2D eigenvalue weighted by Gasteiger charge is 2.31. The molecule has 1 aliphatic rings. The van der Waals surface area contributed by atoms with Crippen LogP contribution in [0.1, 0.15) is 13.3 Å². The minimum atomic E-state index is 0.437. The fourth-order valence-corrected chi connectivity index (χ4v) is 2.71. The van der Waals surface area contributed by atoms with Crippen LogP contribution in [0.3, 0.4) is 0 Å². The first kappa shape index (κ1) is 12.5. The van der Waals surface area contributed by atoms with E-state index in [1.54, 1.807) is 7.11 Å². The fraction of sp³-hybridized carbons (Fsp3) is 0.538. The molecule has 2 unspecified atom stereocenters. The second-order valence-corrected chi connectivity index (χ2v) is 4.97. The highest BCUT2D eigenvalue weighted by atomic mass is 35.5. The molecule has 4 heteroatoms. The molecule has 0 saturated carbocycles. The average molecular weight is 255 g/mol. The third-order valence-corrected chi connectivity index (χ3v) is 3.90. The summed E-state index contributed by atoms with van der Waals surface area (Å²) in [6, 6.07) is 6.17. The Morgan fingerprint density at radius 3 is 2.88 bits per heavy atom. The second-order valence-electron chi connectivity index (χ2n) is 4.53. The molecule has 0 aromatic heterocycles. The normalized spacial score (nSPS) is 24.1. The van der Waals surface area contributed by atoms with Crippen LogP contribution >= 0.6 is 11.6 Å². The number of nitrogens with two attached hydrogens (primary N) is 1. The Kier molecular flexibility index (Phi) is 3.79. The predicted octanol–water partition coefficient (Wildman–Crippen LogP) is 2.52. The van der Waals surface area contributed by atoms with E-state index < -0.39 is 0 Å². The van der Waals surface area contributed by atoms with Gasteiger partial charge in [0.1, 0.15) is 5.75 Å². The summed E-state index contributed by atoms with van der Waals surface area (Å²) in [6.45, 7) is 3.96. The number of anilines is 1. The lowest BCUT2D eigenvalue weighted by Crippen LogP contribution is -2.32. The number of nitrogens with zero attached hydrogens (tertiary/aromatic N) is 1. The van der Waals surface area contributed by atoms with Gasteiger partial charge in [0.05, 0.1) is 12.8 Å². The highest BCUT2D eigenvalue weighted by molar-refractivity contribution is 6.30. The Hall–Kier alpha value is -0.930. The van der Waals surface area contributed by atoms with E-state index in [0.29, 0.717) is 12.0 Å². The van der Waals surface area contributed by atoms with Crippen molar-refractivity contribution in [3.8, 4) is 5.75 Å². The van der Waals surface area contributed by atoms with Crippen molar-refractivity contribution in [2.45, 2.75) is 19.4 Å². The molecule has 1 saturated heterocycles. The van der Waals surface area contributed by atoms with Crippen molar-refractivity contribution in [3.63, 3.8) is 0 Å². The Morgan fingerprint density at radius 2 is 2.29 bits per heavy atom. The quantitative estimate of drug-likeness (QED) is 0.901. The summed E-state index contributed by atoms with van der Waals surface area (Å²) in [6.07, 6.45) is 1.13. The number of rotatable bonds is 3. The van der Waals surface area contributed by atoms with Crippen molar-refractivity contribution in [3.05, 3.63) is 23.2 Å². The van der Waals surface area contributed by atoms with Crippen LogP contribution < -0.4 is 15.4 Å². The van der Waals surface area contributed by atoms with Crippen molar-refractivity contribution in [2.24, 2.45) is 11.7 Å². The van der Waals surface area contributed by atoms with E-state index in [1.807, 2.05) is 18.2 Å². The SMILES string of the molecule is COc1ccc(Cl)cc1N1CCC(CN)C1C. The van der Waals surface area contributed by atoms with Crippen LogP contribution in [0, 0.1) is 5.92 Å². The predicted molar refractivity (Wildman–Crippen MR) is 72.0 cm³/mol. The molecule has 2 N–H and O–H groups in total. The maximum absolute atomic E-state index is 6.06. The van der Waals surface area contributed by atoms with E-state index in [1.165, 1.54) is 0 Å². The van der Waals surface area contributed by atoms with Crippen LogP contribution in [0.5, 0.6) is 5.75 Å². The molecule has 1 fully saturated rings. The summed E-state index contributed by atoms with van der Waals surface area (Å²) in [7, 11) is 1.69. The largest absolute Gasteiger partial charge is 0.495 e. The zero-order valence-electron chi connectivity index (χ0n) is 10.3. The van der Waals surface area contributed by atoms with Crippen LogP contribution in [0.4, 0.5) is 5.69 Å². The number of hydrogen-bond donors (Lipinski definition) is 1. The molecule has 0 radical (unpaired) electrons. The Bertz CT molecular complexity index is 397. The molecule has 1 heterocycles. The van der Waals surface area contributed by atoms with Crippen LogP contribution in [-0.4, -0.2) is 26.2 Å². The van der Waals surface area contributed by atoms with E-state index >= 15 is 0 Å². The van der Waals surface area contributed by atoms with E-state index in [0.717, 1.165) is 36.0 Å². The first-order chi connectivity index (χ1) is 8.17. The van der Waals surface area contributed by atoms with Crippen molar-refractivity contribution >= 4 is 17.3 Å². The summed E-state index contributed by atoms with van der Waals surface area (Å²) in [5.41, 5.74) is 6.85. The zero-order chi connectivity index (χ0) is 12.4. The molecular weight excluding hydrogens is 236 g/mol. The van der Waals surface area contributed by atoms with Crippen molar-refractivity contribution in [1.29, 1.82) is 0 Å². The summed E-state index contributed by atoms with van der Waals surface area (Å²) < 4.78 is 5.40. The third kappa shape index (κ3) is 2.35. The van der Waals surface area contributed by atoms with Gasteiger partial charge in [0, 0.05) is 17.6 Å². The lowest BCUT2D eigenvalue weighted by atomic mass is 10.0. The lowest BCUT2D eigenvalue weighted by Gasteiger charge is -2.28. The molecule has 1 aromatic carbocycles. The molecule has 2 atom stereocenters. The van der Waals surface area contributed by atoms with Crippen molar-refractivity contribution < 1.29 is 4.74 Å². The molecule has 0 spiro atoms. The maximum atomic E-state index is 6.06. The molecule has 0 bridgehead atoms. The van der Waals surface area contributed by atoms with Gasteiger partial charge in [0.2, 0.25) is 0 Å². The Labute approximate surface area is 107 Å². The number of hydrogen-bond acceptors (Lipinski definition) is 3. The minimum absolute atomic E-state index is 0.437. The lowest BCUT2D eigenvalue weighted by molar-refractivity contribution is 0.413. The number of ether oxygens (including phenoxy) is 1. The van der Waals surface area contributed by atoms with Crippen LogP contribution in [0.15, 0.2) is 18.2 Å². The summed E-state index contributed by atoms with van der Waals surface area (Å²) >= 11 is 6.06. The highest BCUT2D eigenvalue weighted by Crippen LogP contribution is 2.37. The van der Waals surface area contributed by atoms with Crippen molar-refractivity contribution in [2.75, 3.05) is 25.1 Å². The van der Waals surface area contributed by atoms with E-state index in [9.17, 15) is 0 Å². The van der Waals surface area contributed by atoms with Gasteiger partial charge in [-0.2, -0.15) is 0 Å². The monoisotopic (exact) mass is 254 g/mol. The molecule has 94 valence electrons. The molecule has 0 aliphatic carbocycles. The van der Waals surface area contributed by atoms with E-state index in [-0.39, 0.29) is 0 Å². The number of benzene rings is 1. The first-order valence-electron chi connectivity index (χ1n) is 5.97. The van der Waals surface area contributed by atoms with Gasteiger partial charge in [-0.05, 0) is 44.0 Å². The van der Waals surface area contributed by atoms with Crippen LogP contribution in [-0.2, 0) is 0 Å². The Balaban J connectivity index is 2.31. The Morgan fingerprint density at radius 1 is 1.53 bits per heavy atom. The molecule has 3 nitrogen and oxygen atoms in total.